The molecular formula is C19H14F2N4OS2. The van der Waals surface area contributed by atoms with Crippen LogP contribution in [0.4, 0.5) is 18.7 Å². The molecule has 3 heterocycles. The van der Waals surface area contributed by atoms with E-state index in [0.717, 1.165) is 37.1 Å². The summed E-state index contributed by atoms with van der Waals surface area (Å²) in [4.78, 5) is 23.1. The van der Waals surface area contributed by atoms with E-state index in [1.165, 1.54) is 16.2 Å². The molecule has 0 spiro atoms. The van der Waals surface area contributed by atoms with Gasteiger partial charge in [-0.2, -0.15) is 0 Å². The van der Waals surface area contributed by atoms with Crippen LogP contribution < -0.4 is 5.32 Å². The maximum absolute atomic E-state index is 14.1. The summed E-state index contributed by atoms with van der Waals surface area (Å²) in [5.74, 6) is -1.77. The lowest BCUT2D eigenvalue weighted by Crippen LogP contribution is -2.39. The number of fused-ring (bicyclic) bond motifs is 4. The number of halogens is 2. The van der Waals surface area contributed by atoms with Gasteiger partial charge >= 0.3 is 6.03 Å². The third kappa shape index (κ3) is 2.82. The molecule has 5 rings (SSSR count). The number of nitrogens with one attached hydrogen (secondary N) is 1. The number of nitrogens with zero attached hydrogens (tertiary/aromatic N) is 3. The minimum absolute atomic E-state index is 0.0357. The Hall–Kier alpha value is -2.65. The molecule has 0 saturated carbocycles. The van der Waals surface area contributed by atoms with E-state index in [0.29, 0.717) is 18.1 Å². The summed E-state index contributed by atoms with van der Waals surface area (Å²) in [5.41, 5.74) is 2.70. The molecule has 0 saturated heterocycles. The average molecular weight is 416 g/mol. The summed E-state index contributed by atoms with van der Waals surface area (Å²) < 4.78 is 29.6. The van der Waals surface area contributed by atoms with Crippen molar-refractivity contribution in [2.75, 3.05) is 11.9 Å². The summed E-state index contributed by atoms with van der Waals surface area (Å²) in [7, 11) is 0. The molecule has 2 aromatic heterocycles. The van der Waals surface area contributed by atoms with E-state index in [9.17, 15) is 13.6 Å². The molecule has 0 unspecified atom stereocenters. The van der Waals surface area contributed by atoms with Crippen molar-refractivity contribution >= 4 is 54.3 Å². The number of aryl methyl sites for hydroxylation is 1. The van der Waals surface area contributed by atoms with Gasteiger partial charge in [0.15, 0.2) is 16.8 Å². The maximum Gasteiger partial charge on any atom is 0.323 e. The van der Waals surface area contributed by atoms with Gasteiger partial charge in [-0.25, -0.2) is 23.5 Å². The summed E-state index contributed by atoms with van der Waals surface area (Å²) in [6.45, 7) is 2.43. The van der Waals surface area contributed by atoms with E-state index < -0.39 is 11.6 Å². The lowest BCUT2D eigenvalue weighted by Gasteiger charge is -2.28. The van der Waals surface area contributed by atoms with E-state index in [-0.39, 0.29) is 18.1 Å². The number of benzene rings is 2. The maximum atomic E-state index is 14.1. The Balaban J connectivity index is 1.41. The molecule has 9 heteroatoms. The lowest BCUT2D eigenvalue weighted by atomic mass is 9.99. The standard InChI is InChI=1S/C19H14F2N4OS2/c1-9-22-13-4-5-14-17(16(13)27-9)28-18(23-14)24-19(26)25-7-6-10-2-3-12(20)15(21)11(10)8-25/h2-5H,6-8H2,1H3,(H,23,24,26). The fourth-order valence-electron chi connectivity index (χ4n) is 3.44. The van der Waals surface area contributed by atoms with Crippen LogP contribution in [0.25, 0.3) is 20.4 Å². The van der Waals surface area contributed by atoms with Gasteiger partial charge in [0.05, 0.1) is 32.0 Å². The van der Waals surface area contributed by atoms with Crippen LogP contribution in [0.15, 0.2) is 24.3 Å². The zero-order valence-electron chi connectivity index (χ0n) is 14.8. The fraction of sp³-hybridized carbons (Fsp3) is 0.211. The summed E-state index contributed by atoms with van der Waals surface area (Å²) in [6.07, 6.45) is 0.487. The van der Waals surface area contributed by atoms with E-state index in [4.69, 9.17) is 0 Å². The SMILES string of the molecule is Cc1nc2ccc3nc(NC(=O)N4CCc5ccc(F)c(F)c5C4)sc3c2s1. The number of thiazole rings is 2. The van der Waals surface area contributed by atoms with Crippen LogP contribution in [0.5, 0.6) is 0 Å². The predicted molar refractivity (Wildman–Crippen MR) is 107 cm³/mol. The molecule has 2 aromatic carbocycles. The zero-order chi connectivity index (χ0) is 19.4. The second-order valence-corrected chi connectivity index (χ2v) is 8.82. The fourth-order valence-corrected chi connectivity index (χ4v) is 5.44. The Labute approximate surface area is 166 Å². The van der Waals surface area contributed by atoms with Gasteiger partial charge in [0.1, 0.15) is 0 Å². The van der Waals surface area contributed by atoms with Crippen LogP contribution >= 0.6 is 22.7 Å². The van der Waals surface area contributed by atoms with Gasteiger partial charge in [-0.3, -0.25) is 5.32 Å². The highest BCUT2D eigenvalue weighted by atomic mass is 32.1. The highest BCUT2D eigenvalue weighted by Gasteiger charge is 2.25. The molecule has 28 heavy (non-hydrogen) atoms. The van der Waals surface area contributed by atoms with Crippen LogP contribution in [-0.4, -0.2) is 27.4 Å². The first-order valence-corrected chi connectivity index (χ1v) is 10.3. The normalized spacial score (nSPS) is 13.9. The highest BCUT2D eigenvalue weighted by Crippen LogP contribution is 2.36. The van der Waals surface area contributed by atoms with Crippen molar-refractivity contribution < 1.29 is 13.6 Å². The van der Waals surface area contributed by atoms with Gasteiger partial charge in [0.2, 0.25) is 0 Å². The number of hydrogen-bond acceptors (Lipinski definition) is 5. The number of carbonyl (C=O) groups excluding carboxylic acids is 1. The first-order valence-electron chi connectivity index (χ1n) is 8.68. The molecule has 1 N–H and O–H groups in total. The lowest BCUT2D eigenvalue weighted by molar-refractivity contribution is 0.205. The summed E-state index contributed by atoms with van der Waals surface area (Å²) >= 11 is 2.99. The largest absolute Gasteiger partial charge is 0.323 e. The minimum atomic E-state index is -0.893. The summed E-state index contributed by atoms with van der Waals surface area (Å²) in [5, 5.41) is 4.25. The molecule has 0 bridgehead atoms. The van der Waals surface area contributed by atoms with Gasteiger partial charge in [-0.1, -0.05) is 17.4 Å². The zero-order valence-corrected chi connectivity index (χ0v) is 16.4. The van der Waals surface area contributed by atoms with E-state index in [1.807, 2.05) is 19.1 Å². The van der Waals surface area contributed by atoms with Gasteiger partial charge in [-0.15, -0.1) is 11.3 Å². The number of carbonyl (C=O) groups is 1. The number of amides is 2. The predicted octanol–water partition coefficient (Wildman–Crippen LogP) is 5.08. The van der Waals surface area contributed by atoms with E-state index in [1.54, 1.807) is 17.4 Å². The minimum Gasteiger partial charge on any atom is -0.320 e. The van der Waals surface area contributed by atoms with Gasteiger partial charge in [-0.05, 0) is 37.1 Å². The first kappa shape index (κ1) is 17.4. The van der Waals surface area contributed by atoms with Crippen LogP contribution in [-0.2, 0) is 13.0 Å². The number of anilines is 1. The number of aromatic nitrogens is 2. The van der Waals surface area contributed by atoms with E-state index >= 15 is 0 Å². The van der Waals surface area contributed by atoms with Crippen LogP contribution in [0.1, 0.15) is 16.1 Å². The third-order valence-electron chi connectivity index (χ3n) is 4.81. The molecule has 0 aliphatic carbocycles. The Kier molecular flexibility index (Phi) is 4.02. The smallest absolute Gasteiger partial charge is 0.320 e. The van der Waals surface area contributed by atoms with Gasteiger partial charge in [0, 0.05) is 12.1 Å². The Morgan fingerprint density at radius 2 is 1.86 bits per heavy atom. The van der Waals surface area contributed by atoms with Crippen LogP contribution in [0.3, 0.4) is 0 Å². The second kappa shape index (κ2) is 6.46. The molecule has 1 aliphatic heterocycles. The van der Waals surface area contributed by atoms with E-state index in [2.05, 4.69) is 15.3 Å². The molecule has 5 nitrogen and oxygen atoms in total. The van der Waals surface area contributed by atoms with Crippen molar-refractivity contribution in [1.82, 2.24) is 14.9 Å². The highest BCUT2D eigenvalue weighted by molar-refractivity contribution is 7.28. The topological polar surface area (TPSA) is 58.1 Å². The first-order chi connectivity index (χ1) is 13.5. The van der Waals surface area contributed by atoms with Crippen molar-refractivity contribution in [3.05, 3.63) is 52.0 Å². The molecule has 4 aromatic rings. The van der Waals surface area contributed by atoms with Gasteiger partial charge < -0.3 is 4.90 Å². The molecule has 0 fully saturated rings. The van der Waals surface area contributed by atoms with Crippen molar-refractivity contribution in [2.24, 2.45) is 0 Å². The quantitative estimate of drug-likeness (QED) is 0.471. The van der Waals surface area contributed by atoms with Crippen molar-refractivity contribution in [3.8, 4) is 0 Å². The number of urea groups is 1. The Morgan fingerprint density at radius 1 is 1.11 bits per heavy atom. The monoisotopic (exact) mass is 416 g/mol. The summed E-state index contributed by atoms with van der Waals surface area (Å²) in [6, 6.07) is 6.15. The number of hydrogen-bond donors (Lipinski definition) is 1. The molecule has 142 valence electrons. The van der Waals surface area contributed by atoms with Crippen molar-refractivity contribution in [2.45, 2.75) is 19.9 Å². The van der Waals surface area contributed by atoms with Crippen LogP contribution in [0, 0.1) is 18.6 Å². The molecule has 0 atom stereocenters. The van der Waals surface area contributed by atoms with Gasteiger partial charge in [0.25, 0.3) is 0 Å². The molecule has 0 radical (unpaired) electrons. The van der Waals surface area contributed by atoms with Crippen LogP contribution in [0.2, 0.25) is 0 Å². The van der Waals surface area contributed by atoms with Crippen molar-refractivity contribution in [3.63, 3.8) is 0 Å². The average Bonchev–Trinajstić information content (AvgIpc) is 3.26. The number of rotatable bonds is 1. The van der Waals surface area contributed by atoms with Crippen molar-refractivity contribution in [1.29, 1.82) is 0 Å². The third-order valence-corrected chi connectivity index (χ3v) is 6.95. The molecular weight excluding hydrogens is 402 g/mol. The molecule has 2 amide bonds. The second-order valence-electron chi connectivity index (χ2n) is 6.61. The Morgan fingerprint density at radius 3 is 2.68 bits per heavy atom. The Bertz CT molecular complexity index is 1250. The molecule has 1 aliphatic rings.